The van der Waals surface area contributed by atoms with E-state index in [9.17, 15) is 0 Å². The summed E-state index contributed by atoms with van der Waals surface area (Å²) >= 11 is 0. The summed E-state index contributed by atoms with van der Waals surface area (Å²) in [5, 5.41) is 0. The molecule has 0 atom stereocenters. The third-order valence-electron chi connectivity index (χ3n) is 3.37. The number of morpholine rings is 1. The van der Waals surface area contributed by atoms with E-state index >= 15 is 0 Å². The highest BCUT2D eigenvalue weighted by Gasteiger charge is 2.21. The van der Waals surface area contributed by atoms with Crippen molar-refractivity contribution in [3.05, 3.63) is 23.8 Å². The van der Waals surface area contributed by atoms with E-state index in [-0.39, 0.29) is 5.41 Å². The normalized spacial score (nSPS) is 16.8. The van der Waals surface area contributed by atoms with E-state index in [1.54, 1.807) is 7.11 Å². The summed E-state index contributed by atoms with van der Waals surface area (Å²) in [6.45, 7) is 10.2. The summed E-state index contributed by atoms with van der Waals surface area (Å²) in [5.74, 6) is 0.972. The highest BCUT2D eigenvalue weighted by atomic mass is 16.5. The van der Waals surface area contributed by atoms with Crippen molar-refractivity contribution in [2.45, 2.75) is 26.2 Å². The molecule has 2 rings (SSSR count). The van der Waals surface area contributed by atoms with E-state index in [1.165, 1.54) is 11.3 Å². The van der Waals surface area contributed by atoms with Gasteiger partial charge in [0.15, 0.2) is 0 Å². The smallest absolute Gasteiger partial charge is 0.122 e. The number of hydrogen-bond acceptors (Lipinski definition) is 3. The second-order valence-electron chi connectivity index (χ2n) is 5.73. The molecule has 0 aliphatic carbocycles. The number of benzene rings is 1. The van der Waals surface area contributed by atoms with Crippen molar-refractivity contribution >= 4 is 5.69 Å². The van der Waals surface area contributed by atoms with Crippen LogP contribution in [0.25, 0.3) is 0 Å². The third kappa shape index (κ3) is 2.78. The standard InChI is InChI=1S/C15H23NO2/c1-15(2,3)13-11-12(5-6-14(13)17-4)16-7-9-18-10-8-16/h5-6,11H,7-10H2,1-4H3. The van der Waals surface area contributed by atoms with Gasteiger partial charge in [0.2, 0.25) is 0 Å². The maximum absolute atomic E-state index is 5.47. The van der Waals surface area contributed by atoms with Crippen LogP contribution in [0.2, 0.25) is 0 Å². The molecule has 18 heavy (non-hydrogen) atoms. The molecule has 3 nitrogen and oxygen atoms in total. The Balaban J connectivity index is 2.33. The van der Waals surface area contributed by atoms with Gasteiger partial charge in [0.25, 0.3) is 0 Å². The zero-order valence-corrected chi connectivity index (χ0v) is 11.8. The van der Waals surface area contributed by atoms with Crippen LogP contribution in [0.3, 0.4) is 0 Å². The van der Waals surface area contributed by atoms with Gasteiger partial charge in [-0.1, -0.05) is 20.8 Å². The topological polar surface area (TPSA) is 21.7 Å². The van der Waals surface area contributed by atoms with Gasteiger partial charge in [0.05, 0.1) is 20.3 Å². The molecule has 100 valence electrons. The Morgan fingerprint density at radius 3 is 2.39 bits per heavy atom. The fourth-order valence-corrected chi connectivity index (χ4v) is 2.30. The molecule has 0 radical (unpaired) electrons. The molecule has 0 N–H and O–H groups in total. The molecule has 0 bridgehead atoms. The first-order valence-electron chi connectivity index (χ1n) is 6.53. The molecule has 0 spiro atoms. The Hall–Kier alpha value is -1.22. The molecule has 0 amide bonds. The first-order valence-corrected chi connectivity index (χ1v) is 6.53. The Morgan fingerprint density at radius 1 is 1.17 bits per heavy atom. The van der Waals surface area contributed by atoms with Crippen LogP contribution in [-0.4, -0.2) is 33.4 Å². The van der Waals surface area contributed by atoms with Crippen molar-refractivity contribution in [3.63, 3.8) is 0 Å². The summed E-state index contributed by atoms with van der Waals surface area (Å²) in [7, 11) is 1.74. The zero-order valence-electron chi connectivity index (χ0n) is 11.8. The lowest BCUT2D eigenvalue weighted by molar-refractivity contribution is 0.122. The van der Waals surface area contributed by atoms with Crippen LogP contribution in [0, 0.1) is 0 Å². The number of anilines is 1. The van der Waals surface area contributed by atoms with Crippen LogP contribution in [0.15, 0.2) is 18.2 Å². The van der Waals surface area contributed by atoms with Gasteiger partial charge in [0.1, 0.15) is 5.75 Å². The Kier molecular flexibility index (Phi) is 3.81. The summed E-state index contributed by atoms with van der Waals surface area (Å²) in [5.41, 5.74) is 2.62. The van der Waals surface area contributed by atoms with Crippen molar-refractivity contribution in [2.24, 2.45) is 0 Å². The highest BCUT2D eigenvalue weighted by molar-refractivity contribution is 5.55. The van der Waals surface area contributed by atoms with Crippen LogP contribution in [0.1, 0.15) is 26.3 Å². The van der Waals surface area contributed by atoms with Gasteiger partial charge in [-0.3, -0.25) is 0 Å². The summed E-state index contributed by atoms with van der Waals surface area (Å²) in [6.07, 6.45) is 0. The molecule has 0 aromatic heterocycles. The fourth-order valence-electron chi connectivity index (χ4n) is 2.30. The molecule has 1 aromatic rings. The number of methoxy groups -OCH3 is 1. The monoisotopic (exact) mass is 249 g/mol. The molecule has 0 unspecified atom stereocenters. The van der Waals surface area contributed by atoms with Crippen molar-refractivity contribution in [1.29, 1.82) is 0 Å². The van der Waals surface area contributed by atoms with Gasteiger partial charge < -0.3 is 14.4 Å². The van der Waals surface area contributed by atoms with Crippen LogP contribution >= 0.6 is 0 Å². The zero-order chi connectivity index (χ0) is 13.2. The van der Waals surface area contributed by atoms with Crippen molar-refractivity contribution in [3.8, 4) is 5.75 Å². The van der Waals surface area contributed by atoms with Crippen molar-refractivity contribution in [1.82, 2.24) is 0 Å². The average Bonchev–Trinajstić information content (AvgIpc) is 2.38. The molecule has 3 heteroatoms. The van der Waals surface area contributed by atoms with Gasteiger partial charge in [-0.15, -0.1) is 0 Å². The summed E-state index contributed by atoms with van der Waals surface area (Å²) < 4.78 is 10.9. The van der Waals surface area contributed by atoms with Gasteiger partial charge in [0, 0.05) is 24.3 Å². The van der Waals surface area contributed by atoms with Gasteiger partial charge in [-0.05, 0) is 23.6 Å². The van der Waals surface area contributed by atoms with Crippen LogP contribution in [0.4, 0.5) is 5.69 Å². The minimum Gasteiger partial charge on any atom is -0.496 e. The Labute approximate surface area is 110 Å². The van der Waals surface area contributed by atoms with E-state index in [2.05, 4.69) is 43.9 Å². The van der Waals surface area contributed by atoms with E-state index in [1.807, 2.05) is 0 Å². The molecule has 1 aliphatic heterocycles. The molecule has 1 fully saturated rings. The lowest BCUT2D eigenvalue weighted by Crippen LogP contribution is -2.36. The Bertz CT molecular complexity index is 403. The van der Waals surface area contributed by atoms with Crippen LogP contribution in [-0.2, 0) is 10.2 Å². The van der Waals surface area contributed by atoms with Gasteiger partial charge in [-0.2, -0.15) is 0 Å². The first-order chi connectivity index (χ1) is 8.52. The number of nitrogens with zero attached hydrogens (tertiary/aromatic N) is 1. The minimum absolute atomic E-state index is 0.0909. The van der Waals surface area contributed by atoms with Crippen molar-refractivity contribution in [2.75, 3.05) is 38.3 Å². The molecular formula is C15H23NO2. The quantitative estimate of drug-likeness (QED) is 0.804. The summed E-state index contributed by atoms with van der Waals surface area (Å²) in [4.78, 5) is 2.37. The lowest BCUT2D eigenvalue weighted by Gasteiger charge is -2.31. The van der Waals surface area contributed by atoms with E-state index < -0.39 is 0 Å². The summed E-state index contributed by atoms with van der Waals surface area (Å²) in [6, 6.07) is 6.47. The highest BCUT2D eigenvalue weighted by Crippen LogP contribution is 2.34. The van der Waals surface area contributed by atoms with Gasteiger partial charge >= 0.3 is 0 Å². The number of rotatable bonds is 2. The fraction of sp³-hybridized carbons (Fsp3) is 0.600. The van der Waals surface area contributed by atoms with Gasteiger partial charge in [-0.25, -0.2) is 0 Å². The van der Waals surface area contributed by atoms with E-state index in [0.29, 0.717) is 0 Å². The molecule has 1 saturated heterocycles. The minimum atomic E-state index is 0.0909. The molecule has 1 aliphatic rings. The third-order valence-corrected chi connectivity index (χ3v) is 3.37. The van der Waals surface area contributed by atoms with E-state index in [4.69, 9.17) is 9.47 Å². The molecule has 1 aromatic carbocycles. The molecular weight excluding hydrogens is 226 g/mol. The first kappa shape index (κ1) is 13.2. The lowest BCUT2D eigenvalue weighted by atomic mass is 9.86. The predicted molar refractivity (Wildman–Crippen MR) is 74.7 cm³/mol. The second kappa shape index (κ2) is 5.19. The molecule has 0 saturated carbocycles. The predicted octanol–water partition coefficient (Wildman–Crippen LogP) is 2.83. The van der Waals surface area contributed by atoms with Crippen molar-refractivity contribution < 1.29 is 9.47 Å². The van der Waals surface area contributed by atoms with Crippen LogP contribution in [0.5, 0.6) is 5.75 Å². The Morgan fingerprint density at radius 2 is 1.83 bits per heavy atom. The molecule has 1 heterocycles. The average molecular weight is 249 g/mol. The van der Waals surface area contributed by atoms with E-state index in [0.717, 1.165) is 32.1 Å². The largest absolute Gasteiger partial charge is 0.496 e. The maximum Gasteiger partial charge on any atom is 0.122 e. The number of ether oxygens (including phenoxy) is 2. The SMILES string of the molecule is COc1ccc(N2CCOCC2)cc1C(C)(C)C. The second-order valence-corrected chi connectivity index (χ2v) is 5.73. The number of hydrogen-bond donors (Lipinski definition) is 0. The maximum atomic E-state index is 5.47. The van der Waals surface area contributed by atoms with Crippen LogP contribution < -0.4 is 9.64 Å².